The molecule has 9 heteroatoms. The highest BCUT2D eigenvalue weighted by Crippen LogP contribution is 2.26. The lowest BCUT2D eigenvalue weighted by atomic mass is 10.1. The Morgan fingerprint density at radius 1 is 1.09 bits per heavy atom. The molecule has 0 saturated heterocycles. The number of rotatable bonds is 9. The second kappa shape index (κ2) is 10.8. The van der Waals surface area contributed by atoms with Crippen LogP contribution in [-0.4, -0.2) is 50.5 Å². The van der Waals surface area contributed by atoms with E-state index in [1.165, 1.54) is 4.90 Å². The predicted molar refractivity (Wildman–Crippen MR) is 128 cm³/mol. The lowest BCUT2D eigenvalue weighted by Crippen LogP contribution is -2.51. The van der Waals surface area contributed by atoms with Gasteiger partial charge in [0.15, 0.2) is 0 Å². The van der Waals surface area contributed by atoms with E-state index in [9.17, 15) is 18.0 Å². The number of aryl methyl sites for hydroxylation is 2. The average Bonchev–Trinajstić information content (AvgIpc) is 2.70. The van der Waals surface area contributed by atoms with Gasteiger partial charge in [-0.15, -0.1) is 0 Å². The average molecular weight is 480 g/mol. The molecule has 0 aliphatic carbocycles. The first-order chi connectivity index (χ1) is 15.0. The van der Waals surface area contributed by atoms with Crippen molar-refractivity contribution >= 4 is 39.1 Å². The third kappa shape index (κ3) is 6.46. The first kappa shape index (κ1) is 25.7. The molecule has 0 unspecified atom stereocenters. The van der Waals surface area contributed by atoms with Crippen LogP contribution in [0.5, 0.6) is 0 Å². The van der Waals surface area contributed by atoms with Gasteiger partial charge in [0.05, 0.1) is 11.9 Å². The van der Waals surface area contributed by atoms with Crippen molar-refractivity contribution in [1.29, 1.82) is 0 Å². The molecule has 2 rings (SSSR count). The molecule has 0 bridgehead atoms. The van der Waals surface area contributed by atoms with Gasteiger partial charge in [-0.25, -0.2) is 8.42 Å². The molecule has 0 aliphatic heterocycles. The molecule has 0 heterocycles. The fourth-order valence-corrected chi connectivity index (χ4v) is 4.50. The van der Waals surface area contributed by atoms with E-state index in [1.54, 1.807) is 39.0 Å². The van der Waals surface area contributed by atoms with Crippen LogP contribution in [0.1, 0.15) is 30.5 Å². The lowest BCUT2D eigenvalue weighted by molar-refractivity contribution is -0.139. The number of hydrogen-bond donors (Lipinski definition) is 1. The number of halogens is 1. The molecule has 0 aliphatic rings. The van der Waals surface area contributed by atoms with E-state index < -0.39 is 28.5 Å². The molecule has 2 aromatic carbocycles. The fraction of sp³-hybridized carbons (Fsp3) is 0.391. The largest absolute Gasteiger partial charge is 0.355 e. The van der Waals surface area contributed by atoms with Gasteiger partial charge in [0.1, 0.15) is 12.6 Å². The normalized spacial score (nSPS) is 12.2. The number of likely N-dealkylation sites (N-methyl/N-ethyl adjacent to an activating group) is 1. The van der Waals surface area contributed by atoms with Crippen LogP contribution >= 0.6 is 11.6 Å². The highest BCUT2D eigenvalue weighted by Gasteiger charge is 2.30. The van der Waals surface area contributed by atoms with Crippen LogP contribution < -0.4 is 9.62 Å². The smallest absolute Gasteiger partial charge is 0.244 e. The molecule has 2 aromatic rings. The SMILES string of the molecule is CCNC(=O)[C@@H](C)N(Cc1ccccc1C)C(=O)CN(c1ccc(Cl)cc1C)S(C)(=O)=O. The fourth-order valence-electron chi connectivity index (χ4n) is 3.37. The molecule has 32 heavy (non-hydrogen) atoms. The van der Waals surface area contributed by atoms with E-state index >= 15 is 0 Å². The molecule has 174 valence electrons. The van der Waals surface area contributed by atoms with Crippen molar-refractivity contribution in [2.24, 2.45) is 0 Å². The summed E-state index contributed by atoms with van der Waals surface area (Å²) in [6.07, 6.45) is 1.05. The first-order valence-electron chi connectivity index (χ1n) is 10.3. The van der Waals surface area contributed by atoms with Gasteiger partial charge >= 0.3 is 0 Å². The monoisotopic (exact) mass is 479 g/mol. The Bertz CT molecular complexity index is 1090. The number of benzene rings is 2. The molecule has 1 N–H and O–H groups in total. The minimum atomic E-state index is -3.78. The molecular weight excluding hydrogens is 450 g/mol. The molecule has 0 saturated carbocycles. The van der Waals surface area contributed by atoms with Crippen molar-refractivity contribution in [2.75, 3.05) is 23.7 Å². The summed E-state index contributed by atoms with van der Waals surface area (Å²) in [5.74, 6) is -0.783. The van der Waals surface area contributed by atoms with Crippen LogP contribution in [-0.2, 0) is 26.2 Å². The summed E-state index contributed by atoms with van der Waals surface area (Å²) < 4.78 is 26.2. The maximum Gasteiger partial charge on any atom is 0.244 e. The van der Waals surface area contributed by atoms with E-state index in [1.807, 2.05) is 31.2 Å². The van der Waals surface area contributed by atoms with Crippen LogP contribution in [0.25, 0.3) is 0 Å². The summed E-state index contributed by atoms with van der Waals surface area (Å²) in [6.45, 7) is 7.26. The Morgan fingerprint density at radius 2 is 1.75 bits per heavy atom. The second-order valence-electron chi connectivity index (χ2n) is 7.72. The zero-order chi connectivity index (χ0) is 24.1. The Labute approximate surface area is 195 Å². The van der Waals surface area contributed by atoms with Gasteiger partial charge in [0.25, 0.3) is 0 Å². The van der Waals surface area contributed by atoms with Crippen LogP contribution in [0.2, 0.25) is 5.02 Å². The van der Waals surface area contributed by atoms with E-state index in [0.717, 1.165) is 21.7 Å². The standard InChI is InChI=1S/C23H30ClN3O4S/c1-6-25-23(29)18(4)26(14-19-10-8-7-9-16(19)2)22(28)15-27(32(5,30)31)21-12-11-20(24)13-17(21)3/h7-13,18H,6,14-15H2,1-5H3,(H,25,29)/t18-/m1/s1. The second-order valence-corrected chi connectivity index (χ2v) is 10.1. The minimum absolute atomic E-state index is 0.182. The molecule has 1 atom stereocenters. The first-order valence-corrected chi connectivity index (χ1v) is 12.5. The highest BCUT2D eigenvalue weighted by molar-refractivity contribution is 7.92. The summed E-state index contributed by atoms with van der Waals surface area (Å²) >= 11 is 6.02. The molecule has 0 spiro atoms. The van der Waals surface area contributed by atoms with Crippen LogP contribution in [0.15, 0.2) is 42.5 Å². The van der Waals surface area contributed by atoms with Crippen molar-refractivity contribution < 1.29 is 18.0 Å². The summed E-state index contributed by atoms with van der Waals surface area (Å²) in [5, 5.41) is 3.20. The van der Waals surface area contributed by atoms with Gasteiger partial charge in [0.2, 0.25) is 21.8 Å². The summed E-state index contributed by atoms with van der Waals surface area (Å²) in [5.41, 5.74) is 2.84. The minimum Gasteiger partial charge on any atom is -0.355 e. The maximum absolute atomic E-state index is 13.4. The Hall–Kier alpha value is -2.58. The molecule has 0 radical (unpaired) electrons. The van der Waals surface area contributed by atoms with Crippen molar-refractivity contribution in [3.63, 3.8) is 0 Å². The lowest BCUT2D eigenvalue weighted by Gasteiger charge is -2.32. The maximum atomic E-state index is 13.4. The summed E-state index contributed by atoms with van der Waals surface area (Å²) in [6, 6.07) is 11.6. The van der Waals surface area contributed by atoms with Crippen LogP contribution in [0, 0.1) is 13.8 Å². The van der Waals surface area contributed by atoms with Gasteiger partial charge in [-0.3, -0.25) is 13.9 Å². The number of amides is 2. The zero-order valence-electron chi connectivity index (χ0n) is 19.1. The number of hydrogen-bond acceptors (Lipinski definition) is 4. The Balaban J connectivity index is 2.43. The number of carbonyl (C=O) groups is 2. The summed E-state index contributed by atoms with van der Waals surface area (Å²) in [4.78, 5) is 27.4. The van der Waals surface area contributed by atoms with Crippen molar-refractivity contribution in [3.8, 4) is 0 Å². The third-order valence-electron chi connectivity index (χ3n) is 5.23. The molecular formula is C23H30ClN3O4S. The van der Waals surface area contributed by atoms with Crippen molar-refractivity contribution in [1.82, 2.24) is 10.2 Å². The zero-order valence-corrected chi connectivity index (χ0v) is 20.6. The van der Waals surface area contributed by atoms with E-state index in [-0.39, 0.29) is 12.5 Å². The molecule has 0 fully saturated rings. The number of anilines is 1. The van der Waals surface area contributed by atoms with Gasteiger partial charge < -0.3 is 10.2 Å². The summed E-state index contributed by atoms with van der Waals surface area (Å²) in [7, 11) is -3.78. The van der Waals surface area contributed by atoms with Gasteiger partial charge in [-0.05, 0) is 62.6 Å². The van der Waals surface area contributed by atoms with E-state index in [4.69, 9.17) is 11.6 Å². The van der Waals surface area contributed by atoms with Gasteiger partial charge in [-0.1, -0.05) is 35.9 Å². The van der Waals surface area contributed by atoms with Crippen molar-refractivity contribution in [2.45, 2.75) is 40.3 Å². The molecule has 0 aromatic heterocycles. The quantitative estimate of drug-likeness (QED) is 0.598. The number of nitrogens with one attached hydrogen (secondary N) is 1. The van der Waals surface area contributed by atoms with Gasteiger partial charge in [-0.2, -0.15) is 0 Å². The highest BCUT2D eigenvalue weighted by atomic mass is 35.5. The Morgan fingerprint density at radius 3 is 2.31 bits per heavy atom. The number of nitrogens with zero attached hydrogens (tertiary/aromatic N) is 2. The molecule has 2 amide bonds. The van der Waals surface area contributed by atoms with E-state index in [0.29, 0.717) is 22.8 Å². The predicted octanol–water partition coefficient (Wildman–Crippen LogP) is 3.28. The Kier molecular flexibility index (Phi) is 8.69. The van der Waals surface area contributed by atoms with Crippen molar-refractivity contribution in [3.05, 3.63) is 64.2 Å². The van der Waals surface area contributed by atoms with Crippen LogP contribution in [0.3, 0.4) is 0 Å². The van der Waals surface area contributed by atoms with Crippen LogP contribution in [0.4, 0.5) is 5.69 Å². The molecule has 7 nitrogen and oxygen atoms in total. The third-order valence-corrected chi connectivity index (χ3v) is 6.59. The van der Waals surface area contributed by atoms with E-state index in [2.05, 4.69) is 5.32 Å². The van der Waals surface area contributed by atoms with Gasteiger partial charge in [0, 0.05) is 18.1 Å². The number of carbonyl (C=O) groups excluding carboxylic acids is 2. The topological polar surface area (TPSA) is 86.8 Å². The number of sulfonamides is 1.